The molecule has 0 aliphatic heterocycles. The maximum absolute atomic E-state index is 13.7. The Bertz CT molecular complexity index is 1640. The van der Waals surface area contributed by atoms with E-state index in [1.165, 1.54) is 37.3 Å². The molecular formula is C23H17F3N4O6S2. The monoisotopic (exact) mass is 566 g/mol. The number of fused-ring (bicyclic) bond motifs is 1. The topological polar surface area (TPSA) is 133 Å². The minimum Gasteiger partial charge on any atom is -0.406 e. The van der Waals surface area contributed by atoms with Gasteiger partial charge in [-0.2, -0.15) is 0 Å². The fraction of sp³-hybridized carbons (Fsp3) is 0.130. The number of carbonyl (C=O) groups is 1. The minimum absolute atomic E-state index is 0.0545. The number of aryl methyl sites for hydroxylation is 1. The van der Waals surface area contributed by atoms with Crippen LogP contribution in [-0.2, 0) is 14.8 Å². The Balaban J connectivity index is 1.60. The van der Waals surface area contributed by atoms with Crippen LogP contribution in [0.5, 0.6) is 5.75 Å². The highest BCUT2D eigenvalue weighted by Crippen LogP contribution is 2.32. The molecule has 38 heavy (non-hydrogen) atoms. The number of non-ortho nitro benzene ring substituents is 1. The van der Waals surface area contributed by atoms with Crippen molar-refractivity contribution in [1.82, 2.24) is 8.96 Å². The molecular weight excluding hydrogens is 549 g/mol. The van der Waals surface area contributed by atoms with Crippen molar-refractivity contribution in [3.8, 4) is 5.75 Å². The molecule has 3 aromatic carbocycles. The van der Waals surface area contributed by atoms with Crippen LogP contribution in [0.25, 0.3) is 11.0 Å². The van der Waals surface area contributed by atoms with E-state index in [2.05, 4.69) is 15.0 Å². The van der Waals surface area contributed by atoms with E-state index < -0.39 is 38.7 Å². The van der Waals surface area contributed by atoms with Crippen LogP contribution in [0, 0.1) is 17.0 Å². The second-order valence-electron chi connectivity index (χ2n) is 7.77. The van der Waals surface area contributed by atoms with Gasteiger partial charge in [-0.3, -0.25) is 14.9 Å². The molecule has 0 aliphatic rings. The number of carbonyl (C=O) groups excluding carboxylic acids is 1. The zero-order valence-corrected chi connectivity index (χ0v) is 20.9. The summed E-state index contributed by atoms with van der Waals surface area (Å²) in [5, 5.41) is 13.7. The summed E-state index contributed by atoms with van der Waals surface area (Å²) in [5.74, 6) is -1.34. The maximum Gasteiger partial charge on any atom is 0.573 e. The van der Waals surface area contributed by atoms with Crippen molar-refractivity contribution >= 4 is 50.1 Å². The van der Waals surface area contributed by atoms with Gasteiger partial charge in [0.2, 0.25) is 5.91 Å². The van der Waals surface area contributed by atoms with Crippen LogP contribution < -0.4 is 10.1 Å². The molecule has 0 unspecified atom stereocenters. The lowest BCUT2D eigenvalue weighted by Gasteiger charge is -2.12. The molecule has 198 valence electrons. The number of nitrogens with zero attached hydrogens (tertiary/aromatic N) is 3. The normalized spacial score (nSPS) is 11.9. The number of rotatable bonds is 8. The number of aromatic nitrogens is 2. The highest BCUT2D eigenvalue weighted by Gasteiger charge is 2.31. The van der Waals surface area contributed by atoms with Crippen molar-refractivity contribution < 1.29 is 36.0 Å². The summed E-state index contributed by atoms with van der Waals surface area (Å²) in [6.07, 6.45) is -4.85. The first-order chi connectivity index (χ1) is 17.8. The molecule has 0 saturated carbocycles. The summed E-state index contributed by atoms with van der Waals surface area (Å²) in [7, 11) is -4.37. The fourth-order valence-corrected chi connectivity index (χ4v) is 6.22. The average Bonchev–Trinajstić information content (AvgIpc) is 3.22. The number of nitro groups is 1. The first kappa shape index (κ1) is 26.9. The van der Waals surface area contributed by atoms with Gasteiger partial charge in [0.1, 0.15) is 5.75 Å². The molecule has 0 spiro atoms. The number of imidazole rings is 1. The molecule has 0 aliphatic carbocycles. The van der Waals surface area contributed by atoms with Gasteiger partial charge in [-0.05, 0) is 48.9 Å². The number of benzene rings is 3. The van der Waals surface area contributed by atoms with Gasteiger partial charge < -0.3 is 10.1 Å². The largest absolute Gasteiger partial charge is 0.573 e. The van der Waals surface area contributed by atoms with E-state index >= 15 is 0 Å². The Morgan fingerprint density at radius 1 is 1.13 bits per heavy atom. The van der Waals surface area contributed by atoms with Crippen LogP contribution in [0.15, 0.2) is 76.8 Å². The summed E-state index contributed by atoms with van der Waals surface area (Å²) >= 11 is 0.802. The molecule has 0 fully saturated rings. The van der Waals surface area contributed by atoms with E-state index in [1.807, 2.05) is 0 Å². The number of ether oxygens (including phenoxy) is 1. The third kappa shape index (κ3) is 5.89. The Labute approximate surface area is 217 Å². The third-order valence-corrected chi connectivity index (χ3v) is 8.00. The molecule has 0 saturated heterocycles. The van der Waals surface area contributed by atoms with Crippen molar-refractivity contribution in [2.45, 2.75) is 23.3 Å². The van der Waals surface area contributed by atoms with Crippen LogP contribution >= 0.6 is 11.8 Å². The van der Waals surface area contributed by atoms with Crippen molar-refractivity contribution in [3.63, 3.8) is 0 Å². The first-order valence-electron chi connectivity index (χ1n) is 10.6. The minimum atomic E-state index is -4.85. The first-order valence-corrected chi connectivity index (χ1v) is 13.0. The maximum atomic E-state index is 13.7. The number of amides is 1. The van der Waals surface area contributed by atoms with Crippen molar-refractivity contribution in [2.75, 3.05) is 11.1 Å². The van der Waals surface area contributed by atoms with E-state index in [0.29, 0.717) is 5.52 Å². The van der Waals surface area contributed by atoms with Crippen LogP contribution in [0.1, 0.15) is 5.56 Å². The van der Waals surface area contributed by atoms with E-state index in [1.54, 1.807) is 18.2 Å². The molecule has 10 nitrogen and oxygen atoms in total. The Morgan fingerprint density at radius 2 is 1.82 bits per heavy atom. The summed E-state index contributed by atoms with van der Waals surface area (Å²) in [5.41, 5.74) is 0.598. The lowest BCUT2D eigenvalue weighted by Crippen LogP contribution is -2.18. The number of para-hydroxylation sites is 2. The fourth-order valence-electron chi connectivity index (χ4n) is 3.45. The molecule has 0 bridgehead atoms. The summed E-state index contributed by atoms with van der Waals surface area (Å²) in [6, 6.07) is 14.3. The Hall–Kier alpha value is -4.11. The van der Waals surface area contributed by atoms with E-state index in [-0.39, 0.29) is 32.6 Å². The molecule has 1 aromatic heterocycles. The van der Waals surface area contributed by atoms with Gasteiger partial charge in [-0.15, -0.1) is 13.2 Å². The SMILES string of the molecule is Cc1ccc([N+](=O)[O-])cc1S(=O)(=O)n1c(SCC(=O)Nc2ccc(OC(F)(F)F)cc2)nc2ccccc21. The van der Waals surface area contributed by atoms with Crippen molar-refractivity contribution in [2.24, 2.45) is 0 Å². The number of hydrogen-bond donors (Lipinski definition) is 1. The number of nitro benzene ring substituents is 1. The number of halogens is 3. The van der Waals surface area contributed by atoms with E-state index in [4.69, 9.17) is 0 Å². The Kier molecular flexibility index (Phi) is 7.33. The van der Waals surface area contributed by atoms with Crippen LogP contribution in [0.3, 0.4) is 0 Å². The zero-order valence-electron chi connectivity index (χ0n) is 19.3. The average molecular weight is 567 g/mol. The smallest absolute Gasteiger partial charge is 0.406 e. The van der Waals surface area contributed by atoms with Crippen molar-refractivity contribution in [3.05, 3.63) is 82.4 Å². The lowest BCUT2D eigenvalue weighted by molar-refractivity contribution is -0.385. The highest BCUT2D eigenvalue weighted by atomic mass is 32.2. The molecule has 4 aromatic rings. The second-order valence-corrected chi connectivity index (χ2v) is 10.5. The van der Waals surface area contributed by atoms with Gasteiger partial charge in [0, 0.05) is 17.8 Å². The molecule has 0 atom stereocenters. The summed E-state index contributed by atoms with van der Waals surface area (Å²) in [4.78, 5) is 27.1. The zero-order chi connectivity index (χ0) is 27.7. The van der Waals surface area contributed by atoms with Gasteiger partial charge in [0.25, 0.3) is 15.7 Å². The predicted octanol–water partition coefficient (Wildman–Crippen LogP) is 5.12. The highest BCUT2D eigenvalue weighted by molar-refractivity contribution is 8.00. The van der Waals surface area contributed by atoms with Crippen LogP contribution in [0.4, 0.5) is 24.5 Å². The Morgan fingerprint density at radius 3 is 2.47 bits per heavy atom. The summed E-state index contributed by atoms with van der Waals surface area (Å²) < 4.78 is 69.0. The molecule has 15 heteroatoms. The van der Waals surface area contributed by atoms with Gasteiger partial charge in [-0.1, -0.05) is 30.0 Å². The lowest BCUT2D eigenvalue weighted by atomic mass is 10.2. The van der Waals surface area contributed by atoms with Crippen LogP contribution in [0.2, 0.25) is 0 Å². The predicted molar refractivity (Wildman–Crippen MR) is 133 cm³/mol. The molecule has 1 N–H and O–H groups in total. The molecule has 1 amide bonds. The van der Waals surface area contributed by atoms with Gasteiger partial charge in [0.05, 0.1) is 26.6 Å². The van der Waals surface area contributed by atoms with E-state index in [0.717, 1.165) is 33.9 Å². The van der Waals surface area contributed by atoms with Crippen molar-refractivity contribution in [1.29, 1.82) is 0 Å². The third-order valence-electron chi connectivity index (χ3n) is 5.10. The number of nitrogens with one attached hydrogen (secondary N) is 1. The molecule has 1 heterocycles. The number of anilines is 1. The molecule has 0 radical (unpaired) electrons. The summed E-state index contributed by atoms with van der Waals surface area (Å²) in [6.45, 7) is 1.50. The van der Waals surface area contributed by atoms with Gasteiger partial charge in [-0.25, -0.2) is 17.4 Å². The standard InChI is InChI=1S/C23H17F3N4O6S2/c1-14-6-9-16(30(32)33)12-20(14)38(34,35)29-19-5-3-2-4-18(19)28-22(29)37-13-21(31)27-15-7-10-17(11-8-15)36-23(24,25)26/h2-12H,13H2,1H3,(H,27,31). The van der Waals surface area contributed by atoms with Gasteiger partial charge >= 0.3 is 6.36 Å². The quantitative estimate of drug-likeness (QED) is 0.177. The second kappa shape index (κ2) is 10.3. The number of alkyl halides is 3. The number of thioether (sulfide) groups is 1. The van der Waals surface area contributed by atoms with Crippen LogP contribution in [-0.4, -0.2) is 40.3 Å². The number of hydrogen-bond acceptors (Lipinski definition) is 8. The molecule has 4 rings (SSSR count). The van der Waals surface area contributed by atoms with E-state index in [9.17, 15) is 36.5 Å². The van der Waals surface area contributed by atoms with Gasteiger partial charge in [0.15, 0.2) is 5.16 Å².